The Bertz CT molecular complexity index is 614. The molecule has 3 nitrogen and oxygen atoms in total. The molecule has 3 N–H and O–H groups in total. The van der Waals surface area contributed by atoms with Crippen LogP contribution in [0, 0.1) is 17.0 Å². The highest BCUT2D eigenvalue weighted by atomic mass is 19.2. The van der Waals surface area contributed by atoms with Crippen LogP contribution in [0.15, 0.2) is 42.5 Å². The first-order valence-electron chi connectivity index (χ1n) is 5.58. The second-order valence-electron chi connectivity index (χ2n) is 3.95. The first kappa shape index (κ1) is 13.0. The molecular weight excluding hydrogens is 250 g/mol. The summed E-state index contributed by atoms with van der Waals surface area (Å²) in [5.74, 6) is -1.49. The van der Waals surface area contributed by atoms with Crippen molar-refractivity contribution in [3.8, 4) is 5.75 Å². The van der Waals surface area contributed by atoms with Crippen LogP contribution in [0.1, 0.15) is 11.1 Å². The highest BCUT2D eigenvalue weighted by Gasteiger charge is 2.07. The minimum atomic E-state index is -0.916. The molecule has 0 aromatic heterocycles. The van der Waals surface area contributed by atoms with Crippen LogP contribution in [-0.2, 0) is 6.61 Å². The highest BCUT2D eigenvalue weighted by molar-refractivity contribution is 5.97. The molecule has 0 saturated carbocycles. The molecule has 0 radical (unpaired) electrons. The summed E-state index contributed by atoms with van der Waals surface area (Å²) in [6.45, 7) is 0.0709. The predicted molar refractivity (Wildman–Crippen MR) is 68.1 cm³/mol. The van der Waals surface area contributed by atoms with Crippen LogP contribution in [-0.4, -0.2) is 5.84 Å². The Labute approximate surface area is 109 Å². The first-order chi connectivity index (χ1) is 9.08. The van der Waals surface area contributed by atoms with Gasteiger partial charge >= 0.3 is 0 Å². The van der Waals surface area contributed by atoms with E-state index in [0.717, 1.165) is 12.1 Å². The minimum Gasteiger partial charge on any atom is -0.488 e. The summed E-state index contributed by atoms with van der Waals surface area (Å²) in [6.07, 6.45) is 0. The predicted octanol–water partition coefficient (Wildman–Crippen LogP) is 2.83. The van der Waals surface area contributed by atoms with E-state index in [4.69, 9.17) is 15.9 Å². The van der Waals surface area contributed by atoms with Crippen LogP contribution in [0.4, 0.5) is 8.78 Å². The number of halogens is 2. The van der Waals surface area contributed by atoms with Crippen LogP contribution < -0.4 is 10.5 Å². The SMILES string of the molecule is N=C(N)c1ccccc1OCc1ccc(F)c(F)c1. The standard InChI is InChI=1S/C14H12F2N2O/c15-11-6-5-9(7-12(11)16)8-19-13-4-2-1-3-10(13)14(17)18/h1-7H,8H2,(H3,17,18). The van der Waals surface area contributed by atoms with Crippen molar-refractivity contribution in [2.75, 3.05) is 0 Å². The molecule has 0 spiro atoms. The summed E-state index contributed by atoms with van der Waals surface area (Å²) in [5.41, 5.74) is 6.38. The lowest BCUT2D eigenvalue weighted by Gasteiger charge is -2.10. The summed E-state index contributed by atoms with van der Waals surface area (Å²) in [4.78, 5) is 0. The summed E-state index contributed by atoms with van der Waals surface area (Å²) in [6, 6.07) is 10.4. The van der Waals surface area contributed by atoms with Gasteiger partial charge in [-0.15, -0.1) is 0 Å². The lowest BCUT2D eigenvalue weighted by molar-refractivity contribution is 0.304. The third-order valence-electron chi connectivity index (χ3n) is 2.56. The third-order valence-corrected chi connectivity index (χ3v) is 2.56. The van der Waals surface area contributed by atoms with Crippen molar-refractivity contribution >= 4 is 5.84 Å². The van der Waals surface area contributed by atoms with Crippen molar-refractivity contribution < 1.29 is 13.5 Å². The van der Waals surface area contributed by atoms with Crippen LogP contribution in [0.2, 0.25) is 0 Å². The quantitative estimate of drug-likeness (QED) is 0.657. The van der Waals surface area contributed by atoms with E-state index in [-0.39, 0.29) is 12.4 Å². The number of hydrogen-bond acceptors (Lipinski definition) is 2. The monoisotopic (exact) mass is 262 g/mol. The Balaban J connectivity index is 2.14. The molecule has 19 heavy (non-hydrogen) atoms. The zero-order valence-corrected chi connectivity index (χ0v) is 9.99. The molecule has 0 aliphatic heterocycles. The molecule has 5 heteroatoms. The number of para-hydroxylation sites is 1. The van der Waals surface area contributed by atoms with Crippen LogP contribution >= 0.6 is 0 Å². The molecule has 0 aliphatic rings. The van der Waals surface area contributed by atoms with Gasteiger partial charge in [0.2, 0.25) is 0 Å². The summed E-state index contributed by atoms with van der Waals surface area (Å²) in [7, 11) is 0. The number of benzene rings is 2. The number of amidine groups is 1. The topological polar surface area (TPSA) is 59.1 Å². The Kier molecular flexibility index (Phi) is 3.75. The Hall–Kier alpha value is -2.43. The van der Waals surface area contributed by atoms with E-state index < -0.39 is 11.6 Å². The van der Waals surface area contributed by atoms with Gasteiger partial charge in [-0.05, 0) is 29.8 Å². The molecule has 0 heterocycles. The van der Waals surface area contributed by atoms with Gasteiger partial charge in [0.05, 0.1) is 5.56 Å². The van der Waals surface area contributed by atoms with Gasteiger partial charge in [-0.1, -0.05) is 18.2 Å². The van der Waals surface area contributed by atoms with E-state index in [9.17, 15) is 8.78 Å². The lowest BCUT2D eigenvalue weighted by atomic mass is 10.2. The largest absolute Gasteiger partial charge is 0.488 e. The zero-order valence-electron chi connectivity index (χ0n) is 9.99. The maximum Gasteiger partial charge on any atom is 0.159 e. The molecule has 2 rings (SSSR count). The maximum atomic E-state index is 13.0. The molecule has 0 unspecified atom stereocenters. The number of ether oxygens (including phenoxy) is 1. The number of rotatable bonds is 4. The van der Waals surface area contributed by atoms with Gasteiger partial charge in [0, 0.05) is 0 Å². The van der Waals surface area contributed by atoms with Crippen molar-refractivity contribution in [3.63, 3.8) is 0 Å². The van der Waals surface area contributed by atoms with Gasteiger partial charge in [0.15, 0.2) is 11.6 Å². The zero-order chi connectivity index (χ0) is 13.8. The number of hydrogen-bond donors (Lipinski definition) is 2. The number of nitrogen functional groups attached to an aromatic ring is 1. The van der Waals surface area contributed by atoms with Crippen molar-refractivity contribution in [1.29, 1.82) is 5.41 Å². The van der Waals surface area contributed by atoms with E-state index in [0.29, 0.717) is 16.9 Å². The lowest BCUT2D eigenvalue weighted by Crippen LogP contribution is -2.13. The van der Waals surface area contributed by atoms with E-state index in [1.807, 2.05) is 0 Å². The third kappa shape index (κ3) is 3.07. The fourth-order valence-corrected chi connectivity index (χ4v) is 1.61. The Morgan fingerprint density at radius 3 is 2.53 bits per heavy atom. The molecule has 0 aliphatic carbocycles. The van der Waals surface area contributed by atoms with Crippen molar-refractivity contribution in [2.24, 2.45) is 5.73 Å². The molecule has 2 aromatic rings. The van der Waals surface area contributed by atoms with Crippen LogP contribution in [0.5, 0.6) is 5.75 Å². The molecule has 0 saturated heterocycles. The normalized spacial score (nSPS) is 10.2. The number of nitrogens with two attached hydrogens (primary N) is 1. The average molecular weight is 262 g/mol. The maximum absolute atomic E-state index is 13.0. The van der Waals surface area contributed by atoms with Crippen LogP contribution in [0.3, 0.4) is 0 Å². The van der Waals surface area contributed by atoms with E-state index >= 15 is 0 Å². The smallest absolute Gasteiger partial charge is 0.159 e. The van der Waals surface area contributed by atoms with Gasteiger partial charge in [-0.2, -0.15) is 0 Å². The second kappa shape index (κ2) is 5.48. The van der Waals surface area contributed by atoms with Gasteiger partial charge in [-0.25, -0.2) is 8.78 Å². The molecule has 98 valence electrons. The summed E-state index contributed by atoms with van der Waals surface area (Å²) < 4.78 is 31.3. The molecular formula is C14H12F2N2O. The molecule has 0 amide bonds. The van der Waals surface area contributed by atoms with Gasteiger partial charge in [-0.3, -0.25) is 5.41 Å². The van der Waals surface area contributed by atoms with Gasteiger partial charge < -0.3 is 10.5 Å². The summed E-state index contributed by atoms with van der Waals surface area (Å²) >= 11 is 0. The van der Waals surface area contributed by atoms with Gasteiger partial charge in [0.1, 0.15) is 18.2 Å². The van der Waals surface area contributed by atoms with Crippen molar-refractivity contribution in [1.82, 2.24) is 0 Å². The Morgan fingerprint density at radius 2 is 1.84 bits per heavy atom. The molecule has 2 aromatic carbocycles. The molecule has 0 bridgehead atoms. The fraction of sp³-hybridized carbons (Fsp3) is 0.0714. The van der Waals surface area contributed by atoms with Crippen LogP contribution in [0.25, 0.3) is 0 Å². The average Bonchev–Trinajstić information content (AvgIpc) is 2.40. The molecule has 0 fully saturated rings. The summed E-state index contributed by atoms with van der Waals surface area (Å²) in [5, 5.41) is 7.41. The van der Waals surface area contributed by atoms with Gasteiger partial charge in [0.25, 0.3) is 0 Å². The minimum absolute atomic E-state index is 0.0709. The highest BCUT2D eigenvalue weighted by Crippen LogP contribution is 2.19. The Morgan fingerprint density at radius 1 is 1.11 bits per heavy atom. The first-order valence-corrected chi connectivity index (χ1v) is 5.58. The number of nitrogens with one attached hydrogen (secondary N) is 1. The second-order valence-corrected chi connectivity index (χ2v) is 3.95. The van der Waals surface area contributed by atoms with E-state index in [1.165, 1.54) is 6.07 Å². The van der Waals surface area contributed by atoms with Crippen molar-refractivity contribution in [3.05, 3.63) is 65.2 Å². The van der Waals surface area contributed by atoms with Crippen molar-refractivity contribution in [2.45, 2.75) is 6.61 Å². The van der Waals surface area contributed by atoms with E-state index in [2.05, 4.69) is 0 Å². The van der Waals surface area contributed by atoms with E-state index in [1.54, 1.807) is 24.3 Å². The fourth-order valence-electron chi connectivity index (χ4n) is 1.61. The molecule has 0 atom stereocenters.